The minimum Gasteiger partial charge on any atom is -0.496 e. The number of carboxylic acids is 1. The van der Waals surface area contributed by atoms with Gasteiger partial charge in [0.1, 0.15) is 16.3 Å². The zero-order valence-corrected chi connectivity index (χ0v) is 14.8. The number of aromatic carboxylic acids is 1. The van der Waals surface area contributed by atoms with Crippen LogP contribution in [0, 0.1) is 0 Å². The summed E-state index contributed by atoms with van der Waals surface area (Å²) in [4.78, 5) is 27.6. The molecular formula is C18H17N3O4S. The number of hydrogen-bond donors (Lipinski definition) is 3. The summed E-state index contributed by atoms with van der Waals surface area (Å²) in [5, 5.41) is 15.4. The fourth-order valence-corrected chi connectivity index (χ4v) is 3.34. The van der Waals surface area contributed by atoms with Crippen molar-refractivity contribution in [2.45, 2.75) is 13.1 Å². The number of thiazole rings is 1. The van der Waals surface area contributed by atoms with Crippen LogP contribution in [0.3, 0.4) is 0 Å². The van der Waals surface area contributed by atoms with Crippen molar-refractivity contribution in [3.8, 4) is 5.75 Å². The van der Waals surface area contributed by atoms with E-state index in [0.29, 0.717) is 12.1 Å². The number of aromatic nitrogens is 1. The lowest BCUT2D eigenvalue weighted by atomic mass is 10.1. The number of fused-ring (bicyclic) bond motifs is 1. The third-order valence-electron chi connectivity index (χ3n) is 3.69. The van der Waals surface area contributed by atoms with Gasteiger partial charge in [0.2, 0.25) is 0 Å². The molecular weight excluding hydrogens is 354 g/mol. The third-order valence-corrected chi connectivity index (χ3v) is 4.72. The Morgan fingerprint density at radius 3 is 2.65 bits per heavy atom. The van der Waals surface area contributed by atoms with E-state index in [1.807, 2.05) is 24.3 Å². The Labute approximate surface area is 153 Å². The minimum absolute atomic E-state index is 0.0571. The molecule has 1 aromatic heterocycles. The van der Waals surface area contributed by atoms with E-state index < -0.39 is 5.97 Å². The number of nitrogens with zero attached hydrogens (tertiary/aromatic N) is 1. The number of nitrogens with one attached hydrogen (secondary N) is 2. The van der Waals surface area contributed by atoms with Gasteiger partial charge in [-0.1, -0.05) is 18.2 Å². The number of ether oxygens (including phenoxy) is 1. The molecule has 3 aromatic rings. The van der Waals surface area contributed by atoms with Crippen molar-refractivity contribution < 1.29 is 19.4 Å². The lowest BCUT2D eigenvalue weighted by molar-refractivity contribution is 0.0693. The van der Waals surface area contributed by atoms with Gasteiger partial charge in [-0.2, -0.15) is 0 Å². The van der Waals surface area contributed by atoms with Crippen LogP contribution in [-0.2, 0) is 13.1 Å². The molecule has 0 fully saturated rings. The second-order valence-electron chi connectivity index (χ2n) is 5.45. The minimum atomic E-state index is -1.08. The summed E-state index contributed by atoms with van der Waals surface area (Å²) in [7, 11) is 1.41. The van der Waals surface area contributed by atoms with Crippen LogP contribution >= 0.6 is 11.3 Å². The van der Waals surface area contributed by atoms with Crippen LogP contribution < -0.4 is 15.4 Å². The van der Waals surface area contributed by atoms with Crippen molar-refractivity contribution in [2.24, 2.45) is 0 Å². The number of carboxylic acid groups (broad SMARTS) is 1. The van der Waals surface area contributed by atoms with Crippen LogP contribution in [-0.4, -0.2) is 29.2 Å². The first-order valence-corrected chi connectivity index (χ1v) is 8.65. The molecule has 0 saturated carbocycles. The smallest absolute Gasteiger partial charge is 0.339 e. The van der Waals surface area contributed by atoms with Crippen LogP contribution in [0.2, 0.25) is 0 Å². The number of carbonyl (C=O) groups is 2. The molecule has 0 aliphatic carbocycles. The Bertz CT molecular complexity index is 922. The van der Waals surface area contributed by atoms with E-state index in [4.69, 9.17) is 4.74 Å². The molecule has 0 aliphatic heterocycles. The van der Waals surface area contributed by atoms with Crippen molar-refractivity contribution in [3.05, 3.63) is 58.6 Å². The van der Waals surface area contributed by atoms with Gasteiger partial charge in [0, 0.05) is 6.54 Å². The number of amides is 2. The summed E-state index contributed by atoms with van der Waals surface area (Å²) < 4.78 is 6.09. The van der Waals surface area contributed by atoms with Gasteiger partial charge in [-0.25, -0.2) is 14.6 Å². The normalized spacial score (nSPS) is 10.5. The van der Waals surface area contributed by atoms with Crippen molar-refractivity contribution in [2.75, 3.05) is 7.11 Å². The molecule has 0 aliphatic rings. The SMILES string of the molecule is COc1ccc(CNC(=O)NCc2nc3ccccc3s2)cc1C(=O)O. The van der Waals surface area contributed by atoms with Gasteiger partial charge in [-0.3, -0.25) is 0 Å². The van der Waals surface area contributed by atoms with Gasteiger partial charge in [0.15, 0.2) is 0 Å². The predicted molar refractivity (Wildman–Crippen MR) is 98.6 cm³/mol. The summed E-state index contributed by atoms with van der Waals surface area (Å²) in [5.74, 6) is -0.800. The second-order valence-corrected chi connectivity index (χ2v) is 6.57. The van der Waals surface area contributed by atoms with E-state index in [1.165, 1.54) is 24.5 Å². The monoisotopic (exact) mass is 371 g/mol. The van der Waals surface area contributed by atoms with Crippen LogP contribution in [0.4, 0.5) is 4.79 Å². The van der Waals surface area contributed by atoms with E-state index in [0.717, 1.165) is 15.2 Å². The summed E-state index contributed by atoms with van der Waals surface area (Å²) in [5.41, 5.74) is 1.63. The molecule has 8 heteroatoms. The summed E-state index contributed by atoms with van der Waals surface area (Å²) in [6.07, 6.45) is 0. The number of rotatable bonds is 6. The number of para-hydroxylation sites is 1. The first-order valence-electron chi connectivity index (χ1n) is 7.83. The van der Waals surface area contributed by atoms with Gasteiger partial charge >= 0.3 is 12.0 Å². The van der Waals surface area contributed by atoms with Gasteiger partial charge in [-0.05, 0) is 29.8 Å². The van der Waals surface area contributed by atoms with Crippen LogP contribution in [0.25, 0.3) is 10.2 Å². The molecule has 0 spiro atoms. The Morgan fingerprint density at radius 1 is 1.15 bits per heavy atom. The first-order chi connectivity index (χ1) is 12.6. The maximum Gasteiger partial charge on any atom is 0.339 e. The molecule has 0 unspecified atom stereocenters. The number of hydrogen-bond acceptors (Lipinski definition) is 5. The molecule has 0 atom stereocenters. The summed E-state index contributed by atoms with van der Waals surface area (Å²) in [6, 6.07) is 12.2. The second kappa shape index (κ2) is 7.83. The molecule has 0 saturated heterocycles. The topological polar surface area (TPSA) is 101 Å². The van der Waals surface area contributed by atoms with Crippen molar-refractivity contribution in [3.63, 3.8) is 0 Å². The summed E-state index contributed by atoms with van der Waals surface area (Å²) in [6.45, 7) is 0.532. The van der Waals surface area contributed by atoms with Crippen LogP contribution in [0.1, 0.15) is 20.9 Å². The Balaban J connectivity index is 1.55. The van der Waals surface area contributed by atoms with Crippen LogP contribution in [0.5, 0.6) is 5.75 Å². The van der Waals surface area contributed by atoms with Gasteiger partial charge in [0.25, 0.3) is 0 Å². The highest BCUT2D eigenvalue weighted by Gasteiger charge is 2.12. The Kier molecular flexibility index (Phi) is 5.33. The average molecular weight is 371 g/mol. The number of carbonyl (C=O) groups excluding carboxylic acids is 1. The maximum atomic E-state index is 12.0. The molecule has 0 radical (unpaired) electrons. The lowest BCUT2D eigenvalue weighted by Crippen LogP contribution is -2.34. The molecule has 7 nitrogen and oxygen atoms in total. The lowest BCUT2D eigenvalue weighted by Gasteiger charge is -2.09. The molecule has 2 amide bonds. The first kappa shape index (κ1) is 17.7. The highest BCUT2D eigenvalue weighted by atomic mass is 32.1. The van der Waals surface area contributed by atoms with E-state index in [2.05, 4.69) is 15.6 Å². The molecule has 1 heterocycles. The average Bonchev–Trinajstić information content (AvgIpc) is 3.07. The number of methoxy groups -OCH3 is 1. The van der Waals surface area contributed by atoms with Gasteiger partial charge in [-0.15, -0.1) is 11.3 Å². The predicted octanol–water partition coefficient (Wildman–Crippen LogP) is 3.00. The zero-order chi connectivity index (χ0) is 18.5. The molecule has 2 aromatic carbocycles. The fraction of sp³-hybridized carbons (Fsp3) is 0.167. The van der Waals surface area contributed by atoms with E-state index in [-0.39, 0.29) is 23.9 Å². The highest BCUT2D eigenvalue weighted by Crippen LogP contribution is 2.21. The van der Waals surface area contributed by atoms with Gasteiger partial charge in [0.05, 0.1) is 23.9 Å². The molecule has 26 heavy (non-hydrogen) atoms. The van der Waals surface area contributed by atoms with E-state index in [1.54, 1.807) is 12.1 Å². The molecule has 3 rings (SSSR count). The quantitative estimate of drug-likeness (QED) is 0.618. The molecule has 3 N–H and O–H groups in total. The molecule has 0 bridgehead atoms. The Morgan fingerprint density at radius 2 is 1.92 bits per heavy atom. The highest BCUT2D eigenvalue weighted by molar-refractivity contribution is 7.18. The van der Waals surface area contributed by atoms with E-state index in [9.17, 15) is 14.7 Å². The standard InChI is InChI=1S/C18H17N3O4S/c1-25-14-7-6-11(8-12(14)17(22)23)9-19-18(24)20-10-16-21-13-4-2-3-5-15(13)26-16/h2-8H,9-10H2,1H3,(H,22,23)(H2,19,20,24). The third kappa shape index (κ3) is 4.09. The summed E-state index contributed by atoms with van der Waals surface area (Å²) >= 11 is 1.53. The number of urea groups is 1. The zero-order valence-electron chi connectivity index (χ0n) is 14.0. The van der Waals surface area contributed by atoms with Crippen molar-refractivity contribution >= 4 is 33.6 Å². The van der Waals surface area contributed by atoms with E-state index >= 15 is 0 Å². The molecule has 134 valence electrons. The maximum absolute atomic E-state index is 12.0. The van der Waals surface area contributed by atoms with Crippen LogP contribution in [0.15, 0.2) is 42.5 Å². The largest absolute Gasteiger partial charge is 0.496 e. The Hall–Kier alpha value is -3.13. The van der Waals surface area contributed by atoms with Crippen molar-refractivity contribution in [1.29, 1.82) is 0 Å². The van der Waals surface area contributed by atoms with Gasteiger partial charge < -0.3 is 20.5 Å². The number of benzene rings is 2. The van der Waals surface area contributed by atoms with Crippen molar-refractivity contribution in [1.82, 2.24) is 15.6 Å². The fourth-order valence-electron chi connectivity index (χ4n) is 2.43.